The molecule has 0 aliphatic carbocycles. The van der Waals surface area contributed by atoms with E-state index in [0.29, 0.717) is 5.92 Å². The summed E-state index contributed by atoms with van der Waals surface area (Å²) in [4.78, 5) is 0.879. The Balaban J connectivity index is 2.73. The van der Waals surface area contributed by atoms with Crippen molar-refractivity contribution in [2.45, 2.75) is 40.5 Å². The van der Waals surface area contributed by atoms with Crippen LogP contribution in [0, 0.1) is 5.41 Å². The molecule has 1 rings (SSSR count). The fourth-order valence-corrected chi connectivity index (χ4v) is 1.39. The van der Waals surface area contributed by atoms with E-state index < -0.39 is 0 Å². The van der Waals surface area contributed by atoms with Crippen LogP contribution in [0.5, 0.6) is 0 Å². The molecule has 2 heteroatoms. The average Bonchev–Trinajstić information content (AvgIpc) is 2.17. The topological polar surface area (TPSA) is 12.0 Å². The molecule has 0 radical (unpaired) electrons. The average molecular weight is 235 g/mol. The zero-order chi connectivity index (χ0) is 12.3. The lowest BCUT2D eigenvalue weighted by Gasteiger charge is -2.21. The van der Waals surface area contributed by atoms with Gasteiger partial charge in [-0.25, -0.2) is 0 Å². The fourth-order valence-electron chi connectivity index (χ4n) is 1.27. The normalized spacial score (nSPS) is 11.6. The van der Waals surface area contributed by atoms with Crippen molar-refractivity contribution < 1.29 is 0 Å². The van der Waals surface area contributed by atoms with Crippen molar-refractivity contribution >= 4 is 22.9 Å². The number of hydrogen-bond donors (Lipinski definition) is 1. The van der Waals surface area contributed by atoms with E-state index in [4.69, 9.17) is 12.2 Å². The molecule has 16 heavy (non-hydrogen) atoms. The van der Waals surface area contributed by atoms with Crippen molar-refractivity contribution in [1.29, 1.82) is 0 Å². The Kier molecular flexibility index (Phi) is 4.09. The molecule has 1 N–H and O–H groups in total. The van der Waals surface area contributed by atoms with E-state index in [1.54, 1.807) is 0 Å². The summed E-state index contributed by atoms with van der Waals surface area (Å²) >= 11 is 5.35. The van der Waals surface area contributed by atoms with Crippen LogP contribution in [0.2, 0.25) is 0 Å². The molecule has 0 unspecified atom stereocenters. The molecule has 0 spiro atoms. The Morgan fingerprint density at radius 1 is 1.12 bits per heavy atom. The monoisotopic (exact) mass is 235 g/mol. The van der Waals surface area contributed by atoms with E-state index in [-0.39, 0.29) is 5.41 Å². The van der Waals surface area contributed by atoms with E-state index in [2.05, 4.69) is 64.2 Å². The van der Waals surface area contributed by atoms with Crippen LogP contribution < -0.4 is 5.32 Å². The summed E-state index contributed by atoms with van der Waals surface area (Å²) in [5.41, 5.74) is 2.45. The lowest BCUT2D eigenvalue weighted by atomic mass is 9.96. The predicted molar refractivity (Wildman–Crippen MR) is 76.2 cm³/mol. The van der Waals surface area contributed by atoms with Gasteiger partial charge in [-0.15, -0.1) is 0 Å². The van der Waals surface area contributed by atoms with Gasteiger partial charge in [0.1, 0.15) is 0 Å². The summed E-state index contributed by atoms with van der Waals surface area (Å²) in [6.45, 7) is 10.7. The first-order valence-corrected chi connectivity index (χ1v) is 6.13. The summed E-state index contributed by atoms with van der Waals surface area (Å²) in [5, 5.41) is 3.28. The minimum Gasteiger partial charge on any atom is -0.350 e. The van der Waals surface area contributed by atoms with E-state index in [0.717, 1.165) is 10.7 Å². The fraction of sp³-hybridized carbons (Fsp3) is 0.500. The van der Waals surface area contributed by atoms with Crippen molar-refractivity contribution in [3.63, 3.8) is 0 Å². The van der Waals surface area contributed by atoms with Crippen molar-refractivity contribution in [3.05, 3.63) is 29.8 Å². The first-order valence-electron chi connectivity index (χ1n) is 5.72. The van der Waals surface area contributed by atoms with Crippen LogP contribution in [0.3, 0.4) is 0 Å². The maximum atomic E-state index is 5.35. The molecule has 0 aromatic heterocycles. The summed E-state index contributed by atoms with van der Waals surface area (Å²) in [5.74, 6) is 0.573. The zero-order valence-corrected chi connectivity index (χ0v) is 11.6. The molecule has 1 aromatic carbocycles. The SMILES string of the molecule is CC(C)c1ccc(NC(=S)C(C)(C)C)cc1. The second kappa shape index (κ2) is 4.96. The van der Waals surface area contributed by atoms with Crippen LogP contribution in [0.1, 0.15) is 46.1 Å². The van der Waals surface area contributed by atoms with Gasteiger partial charge in [0.25, 0.3) is 0 Å². The molecule has 0 amide bonds. The number of thiocarbonyl (C=S) groups is 1. The molecule has 0 aliphatic heterocycles. The van der Waals surface area contributed by atoms with Gasteiger partial charge >= 0.3 is 0 Å². The minimum absolute atomic E-state index is 0.0199. The van der Waals surface area contributed by atoms with E-state index >= 15 is 0 Å². The number of anilines is 1. The number of rotatable bonds is 2. The van der Waals surface area contributed by atoms with Crippen molar-refractivity contribution in [2.24, 2.45) is 5.41 Å². The Hall–Kier alpha value is -0.890. The van der Waals surface area contributed by atoms with Crippen LogP contribution >= 0.6 is 12.2 Å². The second-order valence-corrected chi connectivity index (χ2v) is 5.89. The van der Waals surface area contributed by atoms with Crippen LogP contribution in [0.15, 0.2) is 24.3 Å². The second-order valence-electron chi connectivity index (χ2n) is 5.48. The molecular formula is C14H21NS. The third kappa shape index (κ3) is 3.60. The van der Waals surface area contributed by atoms with Gasteiger partial charge in [-0.2, -0.15) is 0 Å². The largest absolute Gasteiger partial charge is 0.350 e. The molecule has 88 valence electrons. The highest BCUT2D eigenvalue weighted by Gasteiger charge is 2.16. The number of benzene rings is 1. The summed E-state index contributed by atoms with van der Waals surface area (Å²) in [6.07, 6.45) is 0. The highest BCUT2D eigenvalue weighted by atomic mass is 32.1. The van der Waals surface area contributed by atoms with Gasteiger partial charge in [-0.1, -0.05) is 59.0 Å². The standard InChI is InChI=1S/C14H21NS/c1-10(2)11-6-8-12(9-7-11)15-13(16)14(3,4)5/h6-10H,1-5H3,(H,15,16). The lowest BCUT2D eigenvalue weighted by Crippen LogP contribution is -2.25. The van der Waals surface area contributed by atoms with Crippen LogP contribution in [0.25, 0.3) is 0 Å². The van der Waals surface area contributed by atoms with Crippen molar-refractivity contribution in [2.75, 3.05) is 5.32 Å². The summed E-state index contributed by atoms with van der Waals surface area (Å²) in [6, 6.07) is 8.48. The van der Waals surface area contributed by atoms with Crippen molar-refractivity contribution in [1.82, 2.24) is 0 Å². The van der Waals surface area contributed by atoms with E-state index in [9.17, 15) is 0 Å². The maximum absolute atomic E-state index is 5.35. The van der Waals surface area contributed by atoms with Gasteiger partial charge in [0, 0.05) is 11.1 Å². The van der Waals surface area contributed by atoms with Gasteiger partial charge in [0.2, 0.25) is 0 Å². The van der Waals surface area contributed by atoms with Gasteiger partial charge in [0.05, 0.1) is 4.99 Å². The molecule has 0 bridgehead atoms. The van der Waals surface area contributed by atoms with Crippen LogP contribution in [-0.4, -0.2) is 4.99 Å². The van der Waals surface area contributed by atoms with Gasteiger partial charge in [-0.3, -0.25) is 0 Å². The Morgan fingerprint density at radius 2 is 1.62 bits per heavy atom. The molecule has 0 saturated carbocycles. The molecule has 0 fully saturated rings. The van der Waals surface area contributed by atoms with Crippen LogP contribution in [-0.2, 0) is 0 Å². The minimum atomic E-state index is 0.0199. The van der Waals surface area contributed by atoms with Gasteiger partial charge in [0.15, 0.2) is 0 Å². The third-order valence-electron chi connectivity index (χ3n) is 2.52. The van der Waals surface area contributed by atoms with E-state index in [1.807, 2.05) is 0 Å². The molecule has 0 heterocycles. The highest BCUT2D eigenvalue weighted by Crippen LogP contribution is 2.21. The Bertz CT molecular complexity index is 357. The number of nitrogens with one attached hydrogen (secondary N) is 1. The Labute approximate surface area is 104 Å². The predicted octanol–water partition coefficient (Wildman–Crippen LogP) is 4.60. The smallest absolute Gasteiger partial charge is 0.0851 e. The van der Waals surface area contributed by atoms with Gasteiger partial charge < -0.3 is 5.32 Å². The molecule has 0 saturated heterocycles. The van der Waals surface area contributed by atoms with Crippen LogP contribution in [0.4, 0.5) is 5.69 Å². The molecular weight excluding hydrogens is 214 g/mol. The number of hydrogen-bond acceptors (Lipinski definition) is 1. The molecule has 0 atom stereocenters. The summed E-state index contributed by atoms with van der Waals surface area (Å²) < 4.78 is 0. The maximum Gasteiger partial charge on any atom is 0.0851 e. The first-order chi connectivity index (χ1) is 7.30. The molecule has 0 aliphatic rings. The lowest BCUT2D eigenvalue weighted by molar-refractivity contribution is 0.600. The van der Waals surface area contributed by atoms with E-state index in [1.165, 1.54) is 5.56 Å². The zero-order valence-electron chi connectivity index (χ0n) is 10.8. The third-order valence-corrected chi connectivity index (χ3v) is 3.23. The highest BCUT2D eigenvalue weighted by molar-refractivity contribution is 7.80. The molecule has 1 aromatic rings. The summed E-state index contributed by atoms with van der Waals surface area (Å²) in [7, 11) is 0. The molecule has 1 nitrogen and oxygen atoms in total. The first kappa shape index (κ1) is 13.2. The van der Waals surface area contributed by atoms with Crippen molar-refractivity contribution in [3.8, 4) is 0 Å². The quantitative estimate of drug-likeness (QED) is 0.752. The Morgan fingerprint density at radius 3 is 2.00 bits per heavy atom. The van der Waals surface area contributed by atoms with Gasteiger partial charge in [-0.05, 0) is 23.6 Å².